The molecule has 168 valence electrons. The summed E-state index contributed by atoms with van der Waals surface area (Å²) >= 11 is 1.18. The van der Waals surface area contributed by atoms with Crippen molar-refractivity contribution in [2.24, 2.45) is 0 Å². The highest BCUT2D eigenvalue weighted by Crippen LogP contribution is 2.32. The summed E-state index contributed by atoms with van der Waals surface area (Å²) in [5.74, 6) is -0.0622. The summed E-state index contributed by atoms with van der Waals surface area (Å²) in [4.78, 5) is 39.4. The number of likely N-dealkylation sites (tertiary alicyclic amines) is 1. The van der Waals surface area contributed by atoms with E-state index in [1.54, 1.807) is 6.33 Å². The van der Waals surface area contributed by atoms with E-state index in [-0.39, 0.29) is 18.2 Å². The molecule has 3 heterocycles. The number of aromatic amines is 1. The van der Waals surface area contributed by atoms with E-state index in [1.807, 2.05) is 48.5 Å². The van der Waals surface area contributed by atoms with Gasteiger partial charge in [-0.25, -0.2) is 14.8 Å². The van der Waals surface area contributed by atoms with Gasteiger partial charge in [-0.05, 0) is 36.6 Å². The number of H-pyrrole nitrogens is 1. The van der Waals surface area contributed by atoms with Crippen molar-refractivity contribution in [3.63, 3.8) is 0 Å². The molecule has 2 aromatic carbocycles. The topological polar surface area (TPSA) is 126 Å². The molecule has 1 saturated heterocycles. The third-order valence-electron chi connectivity index (χ3n) is 5.54. The molecule has 4 N–H and O–H groups in total. The molecular weight excluding hydrogens is 440 g/mol. The Kier molecular flexibility index (Phi) is 5.66. The number of nitrogens with two attached hydrogens (primary N) is 1. The Labute approximate surface area is 193 Å². The minimum atomic E-state index is -0.607. The third kappa shape index (κ3) is 4.37. The van der Waals surface area contributed by atoms with Gasteiger partial charge < -0.3 is 20.8 Å². The minimum Gasteiger partial charge on any atom is -0.445 e. The molecule has 0 radical (unpaired) electrons. The minimum absolute atomic E-state index is 0.151. The third-order valence-corrected chi connectivity index (χ3v) is 6.55. The van der Waals surface area contributed by atoms with E-state index in [0.29, 0.717) is 23.0 Å². The van der Waals surface area contributed by atoms with Gasteiger partial charge >= 0.3 is 6.09 Å². The van der Waals surface area contributed by atoms with Crippen LogP contribution in [0.2, 0.25) is 0 Å². The number of nitrogen functional groups attached to an aromatic ring is 1. The highest BCUT2D eigenvalue weighted by molar-refractivity contribution is 7.18. The number of benzene rings is 2. The molecule has 0 aliphatic carbocycles. The van der Waals surface area contributed by atoms with Crippen LogP contribution in [0.25, 0.3) is 11.0 Å². The maximum absolute atomic E-state index is 13.3. The number of ketones is 1. The first-order chi connectivity index (χ1) is 16.1. The summed E-state index contributed by atoms with van der Waals surface area (Å²) in [7, 11) is 0. The molecule has 0 saturated carbocycles. The maximum Gasteiger partial charge on any atom is 0.410 e. The SMILES string of the molecule is Nc1nc(Nc2ccc3[nH]cnc3c2)sc1C(=O)[C@@H]1CCCN1C(=O)OCc1ccccc1. The number of ether oxygens (including phenoxy) is 1. The maximum atomic E-state index is 13.3. The predicted octanol–water partition coefficient (Wildman–Crippen LogP) is 4.33. The van der Waals surface area contributed by atoms with Gasteiger partial charge in [0.25, 0.3) is 0 Å². The van der Waals surface area contributed by atoms with Crippen LogP contribution in [-0.4, -0.2) is 44.3 Å². The normalized spacial score (nSPS) is 15.6. The standard InChI is InChI=1S/C23H22N6O3S/c24-21-20(33-22(28-21)27-15-8-9-16-17(11-15)26-13-25-16)19(30)18-7-4-10-29(18)23(31)32-12-14-5-2-1-3-6-14/h1-3,5-6,8-9,11,13,18H,4,7,10,12,24H2,(H,25,26)(H,27,28)/t18-/m0/s1. The molecule has 33 heavy (non-hydrogen) atoms. The highest BCUT2D eigenvalue weighted by Gasteiger charge is 2.37. The van der Waals surface area contributed by atoms with Crippen LogP contribution in [-0.2, 0) is 11.3 Å². The smallest absolute Gasteiger partial charge is 0.410 e. The van der Waals surface area contributed by atoms with Crippen molar-refractivity contribution in [3.8, 4) is 0 Å². The van der Waals surface area contributed by atoms with Crippen LogP contribution in [0.3, 0.4) is 0 Å². The van der Waals surface area contributed by atoms with Crippen molar-refractivity contribution < 1.29 is 14.3 Å². The lowest BCUT2D eigenvalue weighted by Gasteiger charge is -2.22. The Hall–Kier alpha value is -3.92. The van der Waals surface area contributed by atoms with Crippen LogP contribution in [0.5, 0.6) is 0 Å². The monoisotopic (exact) mass is 462 g/mol. The largest absolute Gasteiger partial charge is 0.445 e. The number of aromatic nitrogens is 3. The van der Waals surface area contributed by atoms with Gasteiger partial charge in [-0.3, -0.25) is 9.69 Å². The van der Waals surface area contributed by atoms with Gasteiger partial charge in [0.05, 0.1) is 23.4 Å². The summed E-state index contributed by atoms with van der Waals surface area (Å²) in [6.07, 6.45) is 2.42. The number of amides is 1. The lowest BCUT2D eigenvalue weighted by molar-refractivity contribution is 0.0741. The first kappa shape index (κ1) is 21.0. The van der Waals surface area contributed by atoms with Gasteiger partial charge in [0.15, 0.2) is 10.9 Å². The van der Waals surface area contributed by atoms with Crippen LogP contribution in [0.15, 0.2) is 54.9 Å². The number of hydrogen-bond donors (Lipinski definition) is 3. The molecular formula is C23H22N6O3S. The number of nitrogens with zero attached hydrogens (tertiary/aromatic N) is 3. The van der Waals surface area contributed by atoms with Crippen molar-refractivity contribution >= 4 is 50.9 Å². The van der Waals surface area contributed by atoms with Crippen LogP contribution >= 0.6 is 11.3 Å². The fourth-order valence-corrected chi connectivity index (χ4v) is 4.80. The second-order valence-corrected chi connectivity index (χ2v) is 8.75. The molecule has 4 aromatic rings. The van der Waals surface area contributed by atoms with Crippen molar-refractivity contribution in [1.29, 1.82) is 0 Å². The Balaban J connectivity index is 1.28. The number of imidazole rings is 1. The first-order valence-electron chi connectivity index (χ1n) is 10.6. The average molecular weight is 463 g/mol. The van der Waals surface area contributed by atoms with Crippen LogP contribution in [0.1, 0.15) is 28.1 Å². The number of nitrogens with one attached hydrogen (secondary N) is 2. The number of rotatable bonds is 6. The van der Waals surface area contributed by atoms with Crippen molar-refractivity contribution in [1.82, 2.24) is 19.9 Å². The molecule has 5 rings (SSSR count). The molecule has 2 aromatic heterocycles. The van der Waals surface area contributed by atoms with Crippen LogP contribution < -0.4 is 11.1 Å². The Morgan fingerprint density at radius 1 is 1.24 bits per heavy atom. The van der Waals surface area contributed by atoms with E-state index in [2.05, 4.69) is 20.3 Å². The molecule has 10 heteroatoms. The van der Waals surface area contributed by atoms with E-state index >= 15 is 0 Å². The highest BCUT2D eigenvalue weighted by atomic mass is 32.1. The number of carbonyl (C=O) groups is 2. The summed E-state index contributed by atoms with van der Waals surface area (Å²) in [5, 5.41) is 3.68. The lowest BCUT2D eigenvalue weighted by atomic mass is 10.1. The molecule has 0 bridgehead atoms. The first-order valence-corrected chi connectivity index (χ1v) is 11.4. The van der Waals surface area contributed by atoms with Crippen LogP contribution in [0, 0.1) is 0 Å². The van der Waals surface area contributed by atoms with E-state index in [1.165, 1.54) is 16.2 Å². The van der Waals surface area contributed by atoms with Gasteiger partial charge in [-0.15, -0.1) is 0 Å². The number of carbonyl (C=O) groups excluding carboxylic acids is 2. The summed E-state index contributed by atoms with van der Waals surface area (Å²) in [6.45, 7) is 0.631. The molecule has 1 amide bonds. The van der Waals surface area contributed by atoms with Crippen LogP contribution in [0.4, 0.5) is 21.4 Å². The summed E-state index contributed by atoms with van der Waals surface area (Å²) in [6, 6.07) is 14.5. The molecule has 0 spiro atoms. The van der Waals surface area contributed by atoms with Gasteiger partial charge in [0.2, 0.25) is 0 Å². The van der Waals surface area contributed by atoms with Gasteiger partial charge in [0, 0.05) is 12.2 Å². The summed E-state index contributed by atoms with van der Waals surface area (Å²) < 4.78 is 5.44. The zero-order chi connectivity index (χ0) is 22.8. The van der Waals surface area contributed by atoms with Crippen molar-refractivity contribution in [2.75, 3.05) is 17.6 Å². The molecule has 1 aliphatic heterocycles. The van der Waals surface area contributed by atoms with Gasteiger partial charge in [-0.2, -0.15) is 0 Å². The second kappa shape index (κ2) is 8.91. The number of anilines is 3. The van der Waals surface area contributed by atoms with Gasteiger partial charge in [-0.1, -0.05) is 41.7 Å². The predicted molar refractivity (Wildman–Crippen MR) is 127 cm³/mol. The Morgan fingerprint density at radius 2 is 2.09 bits per heavy atom. The lowest BCUT2D eigenvalue weighted by Crippen LogP contribution is -2.40. The zero-order valence-electron chi connectivity index (χ0n) is 17.7. The fourth-order valence-electron chi connectivity index (χ4n) is 3.91. The molecule has 1 fully saturated rings. The van der Waals surface area contributed by atoms with E-state index in [9.17, 15) is 9.59 Å². The summed E-state index contributed by atoms with van der Waals surface area (Å²) in [5.41, 5.74) is 9.50. The van der Waals surface area contributed by atoms with Gasteiger partial charge in [0.1, 0.15) is 17.3 Å². The average Bonchev–Trinajstić information content (AvgIpc) is 3.57. The van der Waals surface area contributed by atoms with E-state index in [4.69, 9.17) is 10.5 Å². The molecule has 1 atom stereocenters. The van der Waals surface area contributed by atoms with E-state index < -0.39 is 12.1 Å². The second-order valence-electron chi connectivity index (χ2n) is 7.75. The zero-order valence-corrected chi connectivity index (χ0v) is 18.5. The number of hydrogen-bond acceptors (Lipinski definition) is 8. The Morgan fingerprint density at radius 3 is 2.94 bits per heavy atom. The number of fused-ring (bicyclic) bond motifs is 1. The molecule has 1 aliphatic rings. The fraction of sp³-hybridized carbons (Fsp3) is 0.217. The van der Waals surface area contributed by atoms with Crippen molar-refractivity contribution in [2.45, 2.75) is 25.5 Å². The molecule has 0 unspecified atom stereocenters. The quantitative estimate of drug-likeness (QED) is 0.364. The molecule has 9 nitrogen and oxygen atoms in total. The number of Topliss-reactive ketones (excluding diaryl/α,β-unsaturated/α-hetero) is 1. The van der Waals surface area contributed by atoms with E-state index in [0.717, 1.165) is 28.7 Å². The van der Waals surface area contributed by atoms with Crippen molar-refractivity contribution in [3.05, 3.63) is 65.3 Å². The Bertz CT molecular complexity index is 1300. The number of thiazole rings is 1.